The van der Waals surface area contributed by atoms with Crippen molar-refractivity contribution in [3.05, 3.63) is 59.7 Å². The molecule has 0 saturated carbocycles. The molecule has 0 spiro atoms. The SMILES string of the molecule is CN(C)c1ccccc1NC(=O)Cc1ccc(CN)cc1. The molecular formula is C17H21N3O. The van der Waals surface area contributed by atoms with Crippen LogP contribution in [0.15, 0.2) is 48.5 Å². The summed E-state index contributed by atoms with van der Waals surface area (Å²) in [5.74, 6) is -0.0233. The zero-order chi connectivity index (χ0) is 15.2. The smallest absolute Gasteiger partial charge is 0.228 e. The highest BCUT2D eigenvalue weighted by atomic mass is 16.1. The van der Waals surface area contributed by atoms with Gasteiger partial charge in [-0.2, -0.15) is 0 Å². The number of benzene rings is 2. The Labute approximate surface area is 125 Å². The van der Waals surface area contributed by atoms with Crippen LogP contribution >= 0.6 is 0 Å². The van der Waals surface area contributed by atoms with E-state index in [1.165, 1.54) is 0 Å². The number of nitrogens with zero attached hydrogens (tertiary/aromatic N) is 1. The van der Waals surface area contributed by atoms with Crippen LogP contribution in [0.1, 0.15) is 11.1 Å². The number of amides is 1. The minimum Gasteiger partial charge on any atom is -0.376 e. The Morgan fingerprint density at radius 1 is 1.05 bits per heavy atom. The minimum atomic E-state index is -0.0233. The lowest BCUT2D eigenvalue weighted by atomic mass is 10.1. The molecule has 3 N–H and O–H groups in total. The van der Waals surface area contributed by atoms with Crippen LogP contribution < -0.4 is 16.0 Å². The van der Waals surface area contributed by atoms with Crippen molar-refractivity contribution in [2.24, 2.45) is 5.73 Å². The van der Waals surface area contributed by atoms with Gasteiger partial charge in [-0.25, -0.2) is 0 Å². The van der Waals surface area contributed by atoms with E-state index in [2.05, 4.69) is 5.32 Å². The number of hydrogen-bond donors (Lipinski definition) is 2. The van der Waals surface area contributed by atoms with Crippen LogP contribution in [0.2, 0.25) is 0 Å². The van der Waals surface area contributed by atoms with E-state index >= 15 is 0 Å². The van der Waals surface area contributed by atoms with Gasteiger partial charge in [-0.05, 0) is 23.3 Å². The molecule has 0 unspecified atom stereocenters. The normalized spacial score (nSPS) is 10.2. The van der Waals surface area contributed by atoms with Gasteiger partial charge < -0.3 is 16.0 Å². The first-order chi connectivity index (χ1) is 10.1. The number of nitrogens with two attached hydrogens (primary N) is 1. The molecule has 0 fully saturated rings. The number of carbonyl (C=O) groups is 1. The second kappa shape index (κ2) is 6.90. The largest absolute Gasteiger partial charge is 0.376 e. The van der Waals surface area contributed by atoms with Crippen LogP contribution in [0, 0.1) is 0 Å². The molecule has 0 heterocycles. The summed E-state index contributed by atoms with van der Waals surface area (Å²) in [5.41, 5.74) is 9.43. The molecular weight excluding hydrogens is 262 g/mol. The van der Waals surface area contributed by atoms with E-state index in [0.717, 1.165) is 22.5 Å². The van der Waals surface area contributed by atoms with Crippen molar-refractivity contribution in [1.82, 2.24) is 0 Å². The van der Waals surface area contributed by atoms with Crippen LogP contribution in [0.4, 0.5) is 11.4 Å². The lowest BCUT2D eigenvalue weighted by molar-refractivity contribution is -0.115. The summed E-state index contributed by atoms with van der Waals surface area (Å²) in [7, 11) is 3.91. The van der Waals surface area contributed by atoms with Gasteiger partial charge in [0.15, 0.2) is 0 Å². The van der Waals surface area contributed by atoms with Crippen LogP contribution in [0.5, 0.6) is 0 Å². The molecule has 4 nitrogen and oxygen atoms in total. The first-order valence-electron chi connectivity index (χ1n) is 6.94. The zero-order valence-electron chi connectivity index (χ0n) is 12.5. The van der Waals surface area contributed by atoms with Crippen LogP contribution in [-0.2, 0) is 17.8 Å². The number of nitrogens with one attached hydrogen (secondary N) is 1. The summed E-state index contributed by atoms with van der Waals surface area (Å²) in [5, 5.41) is 2.96. The fourth-order valence-electron chi connectivity index (χ4n) is 2.14. The molecule has 2 rings (SSSR count). The molecule has 1 amide bonds. The maximum atomic E-state index is 12.2. The van der Waals surface area contributed by atoms with Crippen LogP contribution in [0.3, 0.4) is 0 Å². The lowest BCUT2D eigenvalue weighted by Crippen LogP contribution is -2.18. The van der Waals surface area contributed by atoms with E-state index in [1.54, 1.807) is 0 Å². The van der Waals surface area contributed by atoms with Gasteiger partial charge >= 0.3 is 0 Å². The molecule has 2 aromatic carbocycles. The van der Waals surface area contributed by atoms with E-state index in [0.29, 0.717) is 13.0 Å². The van der Waals surface area contributed by atoms with Gasteiger partial charge in [-0.3, -0.25) is 4.79 Å². The molecule has 0 saturated heterocycles. The third-order valence-electron chi connectivity index (χ3n) is 3.28. The zero-order valence-corrected chi connectivity index (χ0v) is 12.5. The third kappa shape index (κ3) is 4.07. The van der Waals surface area contributed by atoms with E-state index in [4.69, 9.17) is 5.73 Å². The predicted molar refractivity (Wildman–Crippen MR) is 87.4 cm³/mol. The monoisotopic (exact) mass is 283 g/mol. The number of carbonyl (C=O) groups excluding carboxylic acids is 1. The Balaban J connectivity index is 2.04. The van der Waals surface area contributed by atoms with Gasteiger partial charge in [0.2, 0.25) is 5.91 Å². The van der Waals surface area contributed by atoms with Crippen LogP contribution in [-0.4, -0.2) is 20.0 Å². The van der Waals surface area contributed by atoms with E-state index in [1.807, 2.05) is 67.5 Å². The van der Waals surface area contributed by atoms with Crippen LogP contribution in [0.25, 0.3) is 0 Å². The highest BCUT2D eigenvalue weighted by molar-refractivity contribution is 5.95. The minimum absolute atomic E-state index is 0.0233. The fourth-order valence-corrected chi connectivity index (χ4v) is 2.14. The number of rotatable bonds is 5. The average Bonchev–Trinajstić information content (AvgIpc) is 2.48. The molecule has 2 aromatic rings. The van der Waals surface area contributed by atoms with Crippen molar-refractivity contribution in [3.8, 4) is 0 Å². The lowest BCUT2D eigenvalue weighted by Gasteiger charge is -2.17. The van der Waals surface area contributed by atoms with Crippen molar-refractivity contribution in [2.75, 3.05) is 24.3 Å². The molecule has 0 atom stereocenters. The Morgan fingerprint density at radius 2 is 1.67 bits per heavy atom. The Bertz CT molecular complexity index is 606. The molecule has 0 radical (unpaired) electrons. The number of hydrogen-bond acceptors (Lipinski definition) is 3. The van der Waals surface area contributed by atoms with Gasteiger partial charge in [0.25, 0.3) is 0 Å². The van der Waals surface area contributed by atoms with E-state index in [-0.39, 0.29) is 5.91 Å². The third-order valence-corrected chi connectivity index (χ3v) is 3.28. The quantitative estimate of drug-likeness (QED) is 0.886. The Hall–Kier alpha value is -2.33. The molecule has 0 aliphatic carbocycles. The molecule has 21 heavy (non-hydrogen) atoms. The summed E-state index contributed by atoms with van der Waals surface area (Å²) in [6.45, 7) is 0.517. The summed E-state index contributed by atoms with van der Waals surface area (Å²) in [6.07, 6.45) is 0.354. The molecule has 110 valence electrons. The second-order valence-electron chi connectivity index (χ2n) is 5.16. The van der Waals surface area contributed by atoms with Crippen molar-refractivity contribution < 1.29 is 4.79 Å². The van der Waals surface area contributed by atoms with E-state index in [9.17, 15) is 4.79 Å². The van der Waals surface area contributed by atoms with Gasteiger partial charge in [0.05, 0.1) is 17.8 Å². The maximum Gasteiger partial charge on any atom is 0.228 e. The highest BCUT2D eigenvalue weighted by Gasteiger charge is 2.08. The summed E-state index contributed by atoms with van der Waals surface area (Å²) < 4.78 is 0. The molecule has 0 aliphatic heterocycles. The van der Waals surface area contributed by atoms with Gasteiger partial charge in [-0.15, -0.1) is 0 Å². The molecule has 0 aliphatic rings. The fraction of sp³-hybridized carbons (Fsp3) is 0.235. The van der Waals surface area contributed by atoms with Crippen molar-refractivity contribution in [3.63, 3.8) is 0 Å². The van der Waals surface area contributed by atoms with Gasteiger partial charge in [0, 0.05) is 20.6 Å². The topological polar surface area (TPSA) is 58.4 Å². The summed E-state index contributed by atoms with van der Waals surface area (Å²) >= 11 is 0. The first kappa shape index (κ1) is 15.1. The van der Waals surface area contributed by atoms with Crippen molar-refractivity contribution in [1.29, 1.82) is 0 Å². The standard InChI is InChI=1S/C17H21N3O/c1-20(2)16-6-4-3-5-15(16)19-17(21)11-13-7-9-14(12-18)10-8-13/h3-10H,11-12,18H2,1-2H3,(H,19,21). The highest BCUT2D eigenvalue weighted by Crippen LogP contribution is 2.23. The number of anilines is 2. The maximum absolute atomic E-state index is 12.2. The average molecular weight is 283 g/mol. The van der Waals surface area contributed by atoms with Crippen molar-refractivity contribution >= 4 is 17.3 Å². The Kier molecular flexibility index (Phi) is 4.95. The second-order valence-corrected chi connectivity index (χ2v) is 5.16. The summed E-state index contributed by atoms with van der Waals surface area (Å²) in [4.78, 5) is 14.1. The summed E-state index contributed by atoms with van der Waals surface area (Å²) in [6, 6.07) is 15.6. The van der Waals surface area contributed by atoms with Gasteiger partial charge in [0.1, 0.15) is 0 Å². The molecule has 4 heteroatoms. The predicted octanol–water partition coefficient (Wildman–Crippen LogP) is 2.39. The first-order valence-corrected chi connectivity index (χ1v) is 6.94. The molecule has 0 bridgehead atoms. The Morgan fingerprint density at radius 3 is 2.29 bits per heavy atom. The van der Waals surface area contributed by atoms with Gasteiger partial charge in [-0.1, -0.05) is 36.4 Å². The number of para-hydroxylation sites is 2. The van der Waals surface area contributed by atoms with E-state index < -0.39 is 0 Å². The van der Waals surface area contributed by atoms with Crippen molar-refractivity contribution in [2.45, 2.75) is 13.0 Å². The molecule has 0 aromatic heterocycles.